The van der Waals surface area contributed by atoms with Crippen LogP contribution in [0.5, 0.6) is 23.6 Å². The molecule has 0 spiro atoms. The van der Waals surface area contributed by atoms with Gasteiger partial charge in [0.1, 0.15) is 12.0 Å². The lowest BCUT2D eigenvalue weighted by Gasteiger charge is -2.14. The van der Waals surface area contributed by atoms with E-state index < -0.39 is 5.91 Å². The topological polar surface area (TPSA) is 133 Å². The molecule has 0 bridgehead atoms. The van der Waals surface area contributed by atoms with Gasteiger partial charge in [0.2, 0.25) is 17.7 Å². The van der Waals surface area contributed by atoms with Crippen LogP contribution in [0.25, 0.3) is 0 Å². The second-order valence-corrected chi connectivity index (χ2v) is 7.96. The molecule has 3 rings (SSSR count). The number of amides is 1. The van der Waals surface area contributed by atoms with E-state index in [9.17, 15) is 4.79 Å². The lowest BCUT2D eigenvalue weighted by atomic mass is 10.0. The summed E-state index contributed by atoms with van der Waals surface area (Å²) < 4.78 is 21.9. The standard InChI is InChI=1S/C24H32N6O5/c1-7-25-10-11-26-23-29-21(32-5)19(22(30-23)33-6)28-20(31)17-13-34-24(27-17)35-18-12-16(14(2)3)9-8-15(18)4/h8-9,12-14,25H,7,10-11H2,1-6H3,(H,28,31)(H,26,29,30). The number of ether oxygens (including phenoxy) is 3. The van der Waals surface area contributed by atoms with E-state index >= 15 is 0 Å². The molecule has 11 nitrogen and oxygen atoms in total. The number of oxazole rings is 1. The Hall–Kier alpha value is -3.86. The monoisotopic (exact) mass is 484 g/mol. The Labute approximate surface area is 204 Å². The van der Waals surface area contributed by atoms with Crippen LogP contribution in [0.1, 0.15) is 48.3 Å². The molecule has 11 heteroatoms. The van der Waals surface area contributed by atoms with Gasteiger partial charge in [0.15, 0.2) is 11.4 Å². The van der Waals surface area contributed by atoms with Crippen LogP contribution in [0.2, 0.25) is 0 Å². The molecule has 1 amide bonds. The van der Waals surface area contributed by atoms with Crippen molar-refractivity contribution < 1.29 is 23.4 Å². The molecule has 0 aliphatic heterocycles. The summed E-state index contributed by atoms with van der Waals surface area (Å²) in [5.74, 6) is 0.967. The van der Waals surface area contributed by atoms with E-state index in [1.807, 2.05) is 32.0 Å². The molecule has 35 heavy (non-hydrogen) atoms. The molecule has 188 valence electrons. The predicted molar refractivity (Wildman–Crippen MR) is 132 cm³/mol. The van der Waals surface area contributed by atoms with Gasteiger partial charge in [-0.3, -0.25) is 4.79 Å². The van der Waals surface area contributed by atoms with E-state index in [1.54, 1.807) is 0 Å². The number of aromatic nitrogens is 3. The molecule has 0 radical (unpaired) electrons. The number of benzene rings is 1. The molecule has 0 unspecified atom stereocenters. The van der Waals surface area contributed by atoms with Crippen molar-refractivity contribution in [2.75, 3.05) is 44.5 Å². The largest absolute Gasteiger partial charge is 0.479 e. The molecule has 2 aromatic heterocycles. The molecule has 3 aromatic rings. The third kappa shape index (κ3) is 6.60. The van der Waals surface area contributed by atoms with Crippen LogP contribution in [-0.4, -0.2) is 54.7 Å². The number of hydrogen-bond acceptors (Lipinski definition) is 10. The van der Waals surface area contributed by atoms with Gasteiger partial charge >= 0.3 is 6.08 Å². The van der Waals surface area contributed by atoms with Crippen LogP contribution in [0.15, 0.2) is 28.9 Å². The van der Waals surface area contributed by atoms with Crippen LogP contribution in [0.4, 0.5) is 11.6 Å². The number of carbonyl (C=O) groups excluding carboxylic acids is 1. The molecule has 0 saturated heterocycles. The fraction of sp³-hybridized carbons (Fsp3) is 0.417. The van der Waals surface area contributed by atoms with E-state index in [0.717, 1.165) is 24.2 Å². The molecular weight excluding hydrogens is 452 g/mol. The van der Waals surface area contributed by atoms with Crippen LogP contribution in [-0.2, 0) is 0 Å². The number of anilines is 2. The summed E-state index contributed by atoms with van der Waals surface area (Å²) in [5.41, 5.74) is 2.22. The number of nitrogens with one attached hydrogen (secondary N) is 3. The summed E-state index contributed by atoms with van der Waals surface area (Å²) in [6.07, 6.45) is 1.16. The Kier molecular flexibility index (Phi) is 8.85. The van der Waals surface area contributed by atoms with Crippen molar-refractivity contribution in [1.82, 2.24) is 20.3 Å². The van der Waals surface area contributed by atoms with E-state index in [1.165, 1.54) is 20.5 Å². The molecule has 2 heterocycles. The fourth-order valence-electron chi connectivity index (χ4n) is 3.11. The normalized spacial score (nSPS) is 10.8. The van der Waals surface area contributed by atoms with Crippen LogP contribution < -0.4 is 30.2 Å². The highest BCUT2D eigenvalue weighted by Gasteiger charge is 2.22. The number of rotatable bonds is 12. The Morgan fingerprint density at radius 2 is 1.80 bits per heavy atom. The average molecular weight is 485 g/mol. The summed E-state index contributed by atoms with van der Waals surface area (Å²) >= 11 is 0. The number of carbonyl (C=O) groups is 1. The van der Waals surface area contributed by atoms with Gasteiger partial charge in [-0.05, 0) is 36.6 Å². The second kappa shape index (κ2) is 12.0. The van der Waals surface area contributed by atoms with Gasteiger partial charge in [0.05, 0.1) is 14.2 Å². The molecular formula is C24H32N6O5. The van der Waals surface area contributed by atoms with E-state index in [4.69, 9.17) is 18.6 Å². The molecule has 1 aromatic carbocycles. The van der Waals surface area contributed by atoms with Crippen molar-refractivity contribution in [3.63, 3.8) is 0 Å². The molecule has 0 fully saturated rings. The summed E-state index contributed by atoms with van der Waals surface area (Å²) in [6.45, 7) is 10.3. The maximum absolute atomic E-state index is 12.9. The van der Waals surface area contributed by atoms with Crippen molar-refractivity contribution in [3.05, 3.63) is 41.3 Å². The predicted octanol–water partition coefficient (Wildman–Crippen LogP) is 3.98. The highest BCUT2D eigenvalue weighted by molar-refractivity contribution is 6.04. The number of likely N-dealkylation sites (N-methyl/N-ethyl adjacent to an activating group) is 1. The minimum Gasteiger partial charge on any atom is -0.479 e. The quantitative estimate of drug-likeness (QED) is 0.324. The molecule has 0 atom stereocenters. The Morgan fingerprint density at radius 3 is 2.43 bits per heavy atom. The summed E-state index contributed by atoms with van der Waals surface area (Å²) in [6, 6.07) is 5.95. The summed E-state index contributed by atoms with van der Waals surface area (Å²) in [4.78, 5) is 25.6. The van der Waals surface area contributed by atoms with Gasteiger partial charge in [-0.2, -0.15) is 15.0 Å². The lowest BCUT2D eigenvalue weighted by Crippen LogP contribution is -2.22. The minimum absolute atomic E-state index is 0.00890. The first kappa shape index (κ1) is 25.8. The van der Waals surface area contributed by atoms with Crippen molar-refractivity contribution in [1.29, 1.82) is 0 Å². The third-order valence-corrected chi connectivity index (χ3v) is 5.09. The zero-order chi connectivity index (χ0) is 25.4. The number of hydrogen-bond donors (Lipinski definition) is 3. The maximum Gasteiger partial charge on any atom is 0.399 e. The van der Waals surface area contributed by atoms with Crippen molar-refractivity contribution in [2.45, 2.75) is 33.6 Å². The minimum atomic E-state index is -0.565. The number of methoxy groups -OCH3 is 2. The first-order chi connectivity index (χ1) is 16.9. The maximum atomic E-state index is 12.9. The van der Waals surface area contributed by atoms with E-state index in [0.29, 0.717) is 24.2 Å². The third-order valence-electron chi connectivity index (χ3n) is 5.09. The zero-order valence-corrected chi connectivity index (χ0v) is 20.9. The molecule has 3 N–H and O–H groups in total. The fourth-order valence-corrected chi connectivity index (χ4v) is 3.11. The van der Waals surface area contributed by atoms with Crippen molar-refractivity contribution in [2.24, 2.45) is 0 Å². The van der Waals surface area contributed by atoms with Gasteiger partial charge in [-0.25, -0.2) is 0 Å². The Balaban J connectivity index is 1.75. The Bertz CT molecular complexity index is 1120. The van der Waals surface area contributed by atoms with E-state index in [2.05, 4.69) is 44.7 Å². The average Bonchev–Trinajstić information content (AvgIpc) is 3.32. The second-order valence-electron chi connectivity index (χ2n) is 7.96. The van der Waals surface area contributed by atoms with Crippen LogP contribution in [0.3, 0.4) is 0 Å². The highest BCUT2D eigenvalue weighted by Crippen LogP contribution is 2.33. The number of nitrogens with zero attached hydrogens (tertiary/aromatic N) is 3. The number of aryl methyl sites for hydroxylation is 1. The van der Waals surface area contributed by atoms with Gasteiger partial charge in [0.25, 0.3) is 5.91 Å². The van der Waals surface area contributed by atoms with Crippen LogP contribution in [0, 0.1) is 6.92 Å². The smallest absolute Gasteiger partial charge is 0.399 e. The van der Waals surface area contributed by atoms with Crippen molar-refractivity contribution in [3.8, 4) is 23.6 Å². The van der Waals surface area contributed by atoms with Gasteiger partial charge in [-0.1, -0.05) is 32.9 Å². The summed E-state index contributed by atoms with van der Waals surface area (Å²) in [5, 5.41) is 8.96. The van der Waals surface area contributed by atoms with Crippen molar-refractivity contribution >= 4 is 17.5 Å². The Morgan fingerprint density at radius 1 is 1.09 bits per heavy atom. The first-order valence-corrected chi connectivity index (χ1v) is 11.4. The van der Waals surface area contributed by atoms with Gasteiger partial charge in [0, 0.05) is 13.1 Å². The molecule has 0 saturated carbocycles. The van der Waals surface area contributed by atoms with E-state index in [-0.39, 0.29) is 29.2 Å². The lowest BCUT2D eigenvalue weighted by molar-refractivity contribution is 0.102. The zero-order valence-electron chi connectivity index (χ0n) is 20.9. The highest BCUT2D eigenvalue weighted by atomic mass is 16.6. The SMILES string of the molecule is CCNCCNc1nc(OC)c(NC(=O)c2coc(Oc3cc(C(C)C)ccc3C)n2)c(OC)n1. The van der Waals surface area contributed by atoms with Gasteiger partial charge in [-0.15, -0.1) is 0 Å². The van der Waals surface area contributed by atoms with Crippen LogP contribution >= 0.6 is 0 Å². The molecule has 0 aliphatic carbocycles. The summed E-state index contributed by atoms with van der Waals surface area (Å²) in [7, 11) is 2.88. The molecule has 0 aliphatic rings. The first-order valence-electron chi connectivity index (χ1n) is 11.4. The van der Waals surface area contributed by atoms with Gasteiger partial charge < -0.3 is 34.6 Å².